The number of nitrogens with zero attached hydrogens (tertiary/aromatic N) is 3. The van der Waals surface area contributed by atoms with Crippen LogP contribution >= 0.6 is 23.1 Å². The van der Waals surface area contributed by atoms with Crippen molar-refractivity contribution in [1.29, 1.82) is 0 Å². The van der Waals surface area contributed by atoms with Gasteiger partial charge in [0.15, 0.2) is 5.16 Å². The number of rotatable bonds is 5. The molecule has 8 heteroatoms. The van der Waals surface area contributed by atoms with Gasteiger partial charge in [-0.05, 0) is 31.2 Å². The van der Waals surface area contributed by atoms with Gasteiger partial charge in [0.25, 0.3) is 0 Å². The fraction of sp³-hybridized carbons (Fsp3) is 0.167. The number of hydrogen-bond donors (Lipinski definition) is 3. The lowest BCUT2D eigenvalue weighted by Gasteiger charge is -1.99. The smallest absolute Gasteiger partial charge is 0.210 e. The molecule has 3 N–H and O–H groups in total. The molecule has 0 aliphatic heterocycles. The number of aliphatic hydroxyl groups excluding tert-OH is 1. The minimum Gasteiger partial charge on any atom is -0.397 e. The van der Waals surface area contributed by atoms with E-state index in [1.165, 1.54) is 0 Å². The second-order valence-electron chi connectivity index (χ2n) is 5.16. The summed E-state index contributed by atoms with van der Waals surface area (Å²) in [5.41, 5.74) is 3.05. The van der Waals surface area contributed by atoms with Crippen LogP contribution in [0.1, 0.15) is 11.9 Å². The summed E-state index contributed by atoms with van der Waals surface area (Å²) in [6.07, 6.45) is 0. The highest BCUT2D eigenvalue weighted by Crippen LogP contribution is 2.27. The molecule has 2 aromatic heterocycles. The Morgan fingerprint density at radius 1 is 1.08 bits per heavy atom. The van der Waals surface area contributed by atoms with E-state index in [4.69, 9.17) is 5.11 Å². The maximum atomic E-state index is 7.57. The lowest BCUT2D eigenvalue weighted by molar-refractivity contribution is 0.318. The van der Waals surface area contributed by atoms with Crippen molar-refractivity contribution in [2.45, 2.75) is 17.8 Å². The molecule has 0 fully saturated rings. The molecule has 0 aliphatic carbocycles. The van der Waals surface area contributed by atoms with Crippen LogP contribution in [-0.4, -0.2) is 31.9 Å². The molecule has 4 aromatic rings. The van der Waals surface area contributed by atoms with Crippen LogP contribution in [0.25, 0.3) is 11.0 Å². The van der Waals surface area contributed by atoms with E-state index in [9.17, 15) is 0 Å². The summed E-state index contributed by atoms with van der Waals surface area (Å²) < 4.78 is 0. The van der Waals surface area contributed by atoms with Crippen LogP contribution in [0.5, 0.6) is 0 Å². The highest BCUT2D eigenvalue weighted by Gasteiger charge is 2.07. The molecule has 0 saturated carbocycles. The fourth-order valence-corrected chi connectivity index (χ4v) is 3.77. The minimum absolute atomic E-state index is 0.250. The van der Waals surface area contributed by atoms with E-state index in [1.807, 2.05) is 54.6 Å². The second-order valence-corrected chi connectivity index (χ2v) is 7.18. The molecule has 0 unspecified atom stereocenters. The standard InChI is InChI=1S/C16H13N5S2.C2H6O/c1-2-6-11(7-3-1)17-16-21-20-14(23-16)10-22-15-18-12-8-4-5-9-13(12)19-15;1-2-3/h1-9H,10H2,(H,17,21)(H,18,19);3H,2H2,1H3. The van der Waals surface area contributed by atoms with Gasteiger partial charge in [0.2, 0.25) is 5.13 Å². The number of nitrogens with one attached hydrogen (secondary N) is 2. The molecule has 0 atom stereocenters. The highest BCUT2D eigenvalue weighted by atomic mass is 32.2. The highest BCUT2D eigenvalue weighted by molar-refractivity contribution is 7.98. The van der Waals surface area contributed by atoms with Crippen molar-refractivity contribution in [3.63, 3.8) is 0 Å². The largest absolute Gasteiger partial charge is 0.397 e. The third-order valence-corrected chi connectivity index (χ3v) is 5.10. The number of benzene rings is 2. The molecule has 0 bridgehead atoms. The summed E-state index contributed by atoms with van der Waals surface area (Å²) in [6.45, 7) is 1.93. The molecule has 134 valence electrons. The van der Waals surface area contributed by atoms with E-state index in [1.54, 1.807) is 30.0 Å². The first-order chi connectivity index (χ1) is 12.8. The van der Waals surface area contributed by atoms with Gasteiger partial charge in [0.1, 0.15) is 5.01 Å². The van der Waals surface area contributed by atoms with Gasteiger partial charge >= 0.3 is 0 Å². The van der Waals surface area contributed by atoms with Gasteiger partial charge in [-0.2, -0.15) is 0 Å². The Morgan fingerprint density at radius 3 is 2.58 bits per heavy atom. The molecule has 26 heavy (non-hydrogen) atoms. The number of aliphatic hydroxyl groups is 1. The number of aromatic nitrogens is 4. The molecule has 0 aliphatic rings. The zero-order valence-corrected chi connectivity index (χ0v) is 15.8. The van der Waals surface area contributed by atoms with Crippen molar-refractivity contribution in [2.75, 3.05) is 11.9 Å². The summed E-state index contributed by atoms with van der Waals surface area (Å²) in [4.78, 5) is 7.86. The number of aromatic amines is 1. The van der Waals surface area contributed by atoms with E-state index >= 15 is 0 Å². The van der Waals surface area contributed by atoms with Crippen LogP contribution in [0.15, 0.2) is 59.8 Å². The summed E-state index contributed by atoms with van der Waals surface area (Å²) in [6, 6.07) is 18.0. The molecule has 0 amide bonds. The Morgan fingerprint density at radius 2 is 1.81 bits per heavy atom. The summed E-state index contributed by atoms with van der Waals surface area (Å²) in [7, 11) is 0. The van der Waals surface area contributed by atoms with Crippen LogP contribution in [0.2, 0.25) is 0 Å². The van der Waals surface area contributed by atoms with E-state index in [0.717, 1.165) is 37.8 Å². The molecule has 2 heterocycles. The molecule has 0 radical (unpaired) electrons. The summed E-state index contributed by atoms with van der Waals surface area (Å²) >= 11 is 3.19. The third-order valence-electron chi connectivity index (χ3n) is 3.19. The lowest BCUT2D eigenvalue weighted by Crippen LogP contribution is -1.87. The van der Waals surface area contributed by atoms with Gasteiger partial charge in [-0.3, -0.25) is 0 Å². The van der Waals surface area contributed by atoms with E-state index < -0.39 is 0 Å². The molecular weight excluding hydrogens is 366 g/mol. The zero-order chi connectivity index (χ0) is 18.2. The molecule has 0 saturated heterocycles. The van der Waals surface area contributed by atoms with Gasteiger partial charge in [0.05, 0.1) is 16.8 Å². The first-order valence-corrected chi connectivity index (χ1v) is 9.91. The number of para-hydroxylation sites is 3. The lowest BCUT2D eigenvalue weighted by atomic mass is 10.3. The predicted octanol–water partition coefficient (Wildman–Crippen LogP) is 4.45. The number of anilines is 2. The predicted molar refractivity (Wildman–Crippen MR) is 108 cm³/mol. The number of H-pyrrole nitrogens is 1. The average Bonchev–Trinajstić information content (AvgIpc) is 3.27. The Labute approximate surface area is 159 Å². The van der Waals surface area contributed by atoms with Crippen molar-refractivity contribution in [3.05, 3.63) is 59.6 Å². The molecule has 2 aromatic carbocycles. The number of hydrogen-bond acceptors (Lipinski definition) is 7. The second kappa shape index (κ2) is 9.33. The summed E-state index contributed by atoms with van der Waals surface area (Å²) in [5, 5.41) is 21.9. The molecule has 0 spiro atoms. The molecule has 6 nitrogen and oxygen atoms in total. The quantitative estimate of drug-likeness (QED) is 0.440. The van der Waals surface area contributed by atoms with Crippen LogP contribution < -0.4 is 5.32 Å². The number of imidazole rings is 1. The maximum Gasteiger partial charge on any atom is 0.210 e. The molecular formula is C18H19N5OS2. The van der Waals surface area contributed by atoms with Gasteiger partial charge in [-0.1, -0.05) is 53.4 Å². The Kier molecular flexibility index (Phi) is 6.59. The SMILES string of the molecule is CCO.c1ccc(Nc2nnc(CSc3nc4ccccc4[nH]3)s2)cc1. The maximum absolute atomic E-state index is 7.57. The van der Waals surface area contributed by atoms with Crippen molar-refractivity contribution in [1.82, 2.24) is 20.2 Å². The normalized spacial score (nSPS) is 10.4. The van der Waals surface area contributed by atoms with Crippen molar-refractivity contribution in [3.8, 4) is 0 Å². The zero-order valence-electron chi connectivity index (χ0n) is 14.2. The van der Waals surface area contributed by atoms with E-state index in [0.29, 0.717) is 0 Å². The monoisotopic (exact) mass is 385 g/mol. The average molecular weight is 386 g/mol. The fourth-order valence-electron chi connectivity index (χ4n) is 2.14. The van der Waals surface area contributed by atoms with E-state index in [2.05, 4.69) is 25.5 Å². The summed E-state index contributed by atoms with van der Waals surface area (Å²) in [5.74, 6) is 0.744. The third kappa shape index (κ3) is 5.04. The number of thioether (sulfide) groups is 1. The van der Waals surface area contributed by atoms with Crippen molar-refractivity contribution >= 4 is 45.0 Å². The van der Waals surface area contributed by atoms with Gasteiger partial charge in [0, 0.05) is 12.3 Å². The Balaban J connectivity index is 0.000000613. The topological polar surface area (TPSA) is 86.7 Å². The van der Waals surface area contributed by atoms with Crippen molar-refractivity contribution < 1.29 is 5.11 Å². The van der Waals surface area contributed by atoms with Gasteiger partial charge in [-0.25, -0.2) is 4.98 Å². The molecule has 4 rings (SSSR count). The van der Waals surface area contributed by atoms with Crippen LogP contribution in [0.4, 0.5) is 10.8 Å². The Hall–Kier alpha value is -2.42. The first kappa shape index (κ1) is 18.4. The van der Waals surface area contributed by atoms with Crippen LogP contribution in [0, 0.1) is 0 Å². The van der Waals surface area contributed by atoms with E-state index in [-0.39, 0.29) is 6.61 Å². The van der Waals surface area contributed by atoms with Gasteiger partial charge in [-0.15, -0.1) is 10.2 Å². The number of fused-ring (bicyclic) bond motifs is 1. The minimum atomic E-state index is 0.250. The first-order valence-electron chi connectivity index (χ1n) is 8.11. The van der Waals surface area contributed by atoms with Crippen LogP contribution in [-0.2, 0) is 5.75 Å². The Bertz CT molecular complexity index is 906. The van der Waals surface area contributed by atoms with Gasteiger partial charge < -0.3 is 15.4 Å². The van der Waals surface area contributed by atoms with Crippen molar-refractivity contribution in [2.24, 2.45) is 0 Å². The van der Waals surface area contributed by atoms with Crippen LogP contribution in [0.3, 0.4) is 0 Å².